The number of anilines is 1. The van der Waals surface area contributed by atoms with E-state index in [1.54, 1.807) is 23.1 Å². The van der Waals surface area contributed by atoms with Gasteiger partial charge < -0.3 is 5.32 Å². The first-order valence-corrected chi connectivity index (χ1v) is 10.4. The highest BCUT2D eigenvalue weighted by Crippen LogP contribution is 2.12. The molecule has 1 atom stereocenters. The zero-order chi connectivity index (χ0) is 21.7. The molecule has 0 aliphatic heterocycles. The van der Waals surface area contributed by atoms with Crippen LogP contribution in [0, 0.1) is 12.8 Å². The van der Waals surface area contributed by atoms with E-state index in [4.69, 9.17) is 0 Å². The van der Waals surface area contributed by atoms with E-state index in [9.17, 15) is 9.59 Å². The van der Waals surface area contributed by atoms with E-state index >= 15 is 0 Å². The number of carbonyl (C=O) groups excluding carboxylic acids is 2. The van der Waals surface area contributed by atoms with Gasteiger partial charge in [-0.3, -0.25) is 14.9 Å². The molecule has 1 aromatic heterocycles. The summed E-state index contributed by atoms with van der Waals surface area (Å²) in [7, 11) is 0. The summed E-state index contributed by atoms with van der Waals surface area (Å²) >= 11 is 3.41. The van der Waals surface area contributed by atoms with Crippen molar-refractivity contribution in [2.75, 3.05) is 5.32 Å². The number of hydrogen-bond acceptors (Lipinski definition) is 4. The van der Waals surface area contributed by atoms with Crippen molar-refractivity contribution in [1.29, 1.82) is 0 Å². The fourth-order valence-corrected chi connectivity index (χ4v) is 3.12. The van der Waals surface area contributed by atoms with Crippen LogP contribution in [0.5, 0.6) is 0 Å². The molecule has 0 aliphatic rings. The van der Waals surface area contributed by atoms with Crippen LogP contribution in [0.4, 0.5) is 5.95 Å². The molecule has 0 aliphatic carbocycles. The predicted molar refractivity (Wildman–Crippen MR) is 119 cm³/mol. The maximum Gasteiger partial charge on any atom is 0.251 e. The van der Waals surface area contributed by atoms with E-state index < -0.39 is 6.04 Å². The first-order valence-electron chi connectivity index (χ1n) is 9.64. The molecule has 7 nitrogen and oxygen atoms in total. The average Bonchev–Trinajstić information content (AvgIpc) is 3.14. The lowest BCUT2D eigenvalue weighted by Gasteiger charge is -2.21. The van der Waals surface area contributed by atoms with E-state index in [-0.39, 0.29) is 23.7 Å². The van der Waals surface area contributed by atoms with Crippen LogP contribution in [-0.2, 0) is 11.3 Å². The quantitative estimate of drug-likeness (QED) is 0.550. The van der Waals surface area contributed by atoms with Crippen LogP contribution in [0.2, 0.25) is 0 Å². The SMILES string of the molecule is Cc1ccc(C(=O)NC(C(=O)Nc2ncn(Cc3ccc(Br)cc3)n2)C(C)C)cc1. The maximum atomic E-state index is 12.8. The van der Waals surface area contributed by atoms with Gasteiger partial charge in [0.2, 0.25) is 11.9 Å². The third-order valence-electron chi connectivity index (χ3n) is 4.58. The van der Waals surface area contributed by atoms with Gasteiger partial charge in [0.25, 0.3) is 5.91 Å². The van der Waals surface area contributed by atoms with Crippen molar-refractivity contribution in [1.82, 2.24) is 20.1 Å². The number of amides is 2. The Morgan fingerprint density at radius 3 is 2.37 bits per heavy atom. The molecule has 0 saturated carbocycles. The summed E-state index contributed by atoms with van der Waals surface area (Å²) in [4.78, 5) is 29.4. The Labute approximate surface area is 184 Å². The first-order chi connectivity index (χ1) is 14.3. The molecular weight excluding hydrogens is 446 g/mol. The van der Waals surface area contributed by atoms with Gasteiger partial charge in [-0.15, -0.1) is 5.10 Å². The highest BCUT2D eigenvalue weighted by molar-refractivity contribution is 9.10. The molecule has 3 aromatic rings. The van der Waals surface area contributed by atoms with Crippen LogP contribution in [0.3, 0.4) is 0 Å². The van der Waals surface area contributed by atoms with Crippen molar-refractivity contribution >= 4 is 33.7 Å². The second kappa shape index (κ2) is 9.67. The van der Waals surface area contributed by atoms with E-state index in [0.29, 0.717) is 12.1 Å². The molecule has 2 amide bonds. The minimum atomic E-state index is -0.711. The van der Waals surface area contributed by atoms with Gasteiger partial charge in [0.05, 0.1) is 6.54 Å². The monoisotopic (exact) mass is 469 g/mol. The second-order valence-electron chi connectivity index (χ2n) is 7.44. The summed E-state index contributed by atoms with van der Waals surface area (Å²) in [6, 6.07) is 14.4. The van der Waals surface area contributed by atoms with Crippen molar-refractivity contribution in [2.24, 2.45) is 5.92 Å². The summed E-state index contributed by atoms with van der Waals surface area (Å²) in [6.07, 6.45) is 1.56. The number of halogens is 1. The molecule has 8 heteroatoms. The van der Waals surface area contributed by atoms with Crippen molar-refractivity contribution < 1.29 is 9.59 Å². The fraction of sp³-hybridized carbons (Fsp3) is 0.273. The molecular formula is C22H24BrN5O2. The Kier molecular flexibility index (Phi) is 6.99. The second-order valence-corrected chi connectivity index (χ2v) is 8.36. The van der Waals surface area contributed by atoms with Gasteiger partial charge in [0.15, 0.2) is 0 Å². The number of carbonyl (C=O) groups is 2. The third-order valence-corrected chi connectivity index (χ3v) is 5.11. The Bertz CT molecular complexity index is 1010. The summed E-state index contributed by atoms with van der Waals surface area (Å²) in [6.45, 7) is 6.24. The zero-order valence-corrected chi connectivity index (χ0v) is 18.7. The number of nitrogens with one attached hydrogen (secondary N) is 2. The molecule has 2 N–H and O–H groups in total. The van der Waals surface area contributed by atoms with Crippen LogP contribution < -0.4 is 10.6 Å². The molecule has 30 heavy (non-hydrogen) atoms. The smallest absolute Gasteiger partial charge is 0.251 e. The highest BCUT2D eigenvalue weighted by Gasteiger charge is 2.25. The minimum absolute atomic E-state index is 0.107. The maximum absolute atomic E-state index is 12.8. The van der Waals surface area contributed by atoms with Gasteiger partial charge in [0, 0.05) is 10.0 Å². The van der Waals surface area contributed by atoms with Crippen LogP contribution in [0.1, 0.15) is 35.3 Å². The molecule has 0 bridgehead atoms. The van der Waals surface area contributed by atoms with E-state index in [2.05, 4.69) is 36.6 Å². The summed E-state index contributed by atoms with van der Waals surface area (Å²) in [5.74, 6) is -0.555. The molecule has 0 radical (unpaired) electrons. The molecule has 3 rings (SSSR count). The van der Waals surface area contributed by atoms with Gasteiger partial charge in [-0.2, -0.15) is 0 Å². The van der Waals surface area contributed by atoms with Crippen LogP contribution in [0.25, 0.3) is 0 Å². The van der Waals surface area contributed by atoms with Gasteiger partial charge >= 0.3 is 0 Å². The average molecular weight is 470 g/mol. The Morgan fingerprint density at radius 1 is 1.07 bits per heavy atom. The molecule has 156 valence electrons. The van der Waals surface area contributed by atoms with Gasteiger partial charge in [-0.05, 0) is 42.7 Å². The Hall–Kier alpha value is -3.00. The molecule has 0 fully saturated rings. The van der Waals surface area contributed by atoms with E-state index in [1.807, 2.05) is 57.2 Å². The van der Waals surface area contributed by atoms with E-state index in [0.717, 1.165) is 15.6 Å². The first kappa shape index (κ1) is 21.7. The van der Waals surface area contributed by atoms with Crippen LogP contribution >= 0.6 is 15.9 Å². The van der Waals surface area contributed by atoms with Crippen LogP contribution in [-0.4, -0.2) is 32.6 Å². The number of hydrogen-bond donors (Lipinski definition) is 2. The Morgan fingerprint density at radius 2 is 1.73 bits per heavy atom. The number of aromatic nitrogens is 3. The zero-order valence-electron chi connectivity index (χ0n) is 17.1. The lowest BCUT2D eigenvalue weighted by atomic mass is 10.0. The fourth-order valence-electron chi connectivity index (χ4n) is 2.86. The lowest BCUT2D eigenvalue weighted by Crippen LogP contribution is -2.47. The van der Waals surface area contributed by atoms with Gasteiger partial charge in [-0.1, -0.05) is 59.6 Å². The molecule has 0 spiro atoms. The van der Waals surface area contributed by atoms with Gasteiger partial charge in [-0.25, -0.2) is 9.67 Å². The Balaban J connectivity index is 1.63. The van der Waals surface area contributed by atoms with Crippen molar-refractivity contribution in [2.45, 2.75) is 33.4 Å². The lowest BCUT2D eigenvalue weighted by molar-refractivity contribution is -0.118. The minimum Gasteiger partial charge on any atom is -0.340 e. The summed E-state index contributed by atoms with van der Waals surface area (Å²) < 4.78 is 2.65. The molecule has 0 saturated heterocycles. The standard InChI is InChI=1S/C22H24BrN5O2/c1-14(2)19(25-20(29)17-8-4-15(3)5-9-17)21(30)26-22-24-13-28(27-22)12-16-6-10-18(23)11-7-16/h4-11,13-14,19H,12H2,1-3H3,(H,25,29)(H,26,27,30). The number of nitrogens with zero attached hydrogens (tertiary/aromatic N) is 3. The van der Waals surface area contributed by atoms with Crippen molar-refractivity contribution in [3.8, 4) is 0 Å². The third kappa shape index (κ3) is 5.76. The number of benzene rings is 2. The normalized spacial score (nSPS) is 11.9. The van der Waals surface area contributed by atoms with Crippen LogP contribution in [0.15, 0.2) is 59.3 Å². The number of rotatable bonds is 7. The molecule has 1 unspecified atom stereocenters. The topological polar surface area (TPSA) is 88.9 Å². The summed E-state index contributed by atoms with van der Waals surface area (Å²) in [5, 5.41) is 9.81. The van der Waals surface area contributed by atoms with Crippen molar-refractivity contribution in [3.05, 3.63) is 76.0 Å². The number of aryl methyl sites for hydroxylation is 1. The molecule has 1 heterocycles. The van der Waals surface area contributed by atoms with E-state index in [1.165, 1.54) is 0 Å². The molecule has 2 aromatic carbocycles. The summed E-state index contributed by atoms with van der Waals surface area (Å²) in [5.41, 5.74) is 2.64. The highest BCUT2D eigenvalue weighted by atomic mass is 79.9. The van der Waals surface area contributed by atoms with Gasteiger partial charge in [0.1, 0.15) is 12.4 Å². The van der Waals surface area contributed by atoms with Crippen molar-refractivity contribution in [3.63, 3.8) is 0 Å². The predicted octanol–water partition coefficient (Wildman–Crippen LogP) is 3.79. The largest absolute Gasteiger partial charge is 0.340 e.